The maximum atomic E-state index is 11.7. The van der Waals surface area contributed by atoms with Gasteiger partial charge >= 0.3 is 5.97 Å². The molecule has 1 aromatic carbocycles. The fourth-order valence-electron chi connectivity index (χ4n) is 3.08. The summed E-state index contributed by atoms with van der Waals surface area (Å²) in [6.07, 6.45) is 4.14. The minimum absolute atomic E-state index is 0.520. The van der Waals surface area contributed by atoms with E-state index in [1.54, 1.807) is 0 Å². The van der Waals surface area contributed by atoms with Gasteiger partial charge in [0.2, 0.25) is 0 Å². The zero-order valence-electron chi connectivity index (χ0n) is 11.0. The lowest BCUT2D eigenvalue weighted by Gasteiger charge is -2.23. The molecule has 0 bridgehead atoms. The Hall–Kier alpha value is -1.81. The summed E-state index contributed by atoms with van der Waals surface area (Å²) in [5, 5.41) is 10.7. The van der Waals surface area contributed by atoms with Crippen molar-refractivity contribution in [3.63, 3.8) is 0 Å². The number of aliphatic carboxylic acids is 1. The highest BCUT2D eigenvalue weighted by Gasteiger charge is 2.31. The van der Waals surface area contributed by atoms with Gasteiger partial charge in [-0.25, -0.2) is 0 Å². The van der Waals surface area contributed by atoms with Crippen molar-refractivity contribution in [1.82, 2.24) is 9.47 Å². The fraction of sp³-hybridized carbons (Fsp3) is 0.400. The third kappa shape index (κ3) is 2.02. The zero-order valence-corrected chi connectivity index (χ0v) is 11.0. The van der Waals surface area contributed by atoms with Gasteiger partial charge in [-0.3, -0.25) is 9.69 Å². The largest absolute Gasteiger partial charge is 0.480 e. The van der Waals surface area contributed by atoms with Crippen molar-refractivity contribution in [1.29, 1.82) is 0 Å². The van der Waals surface area contributed by atoms with Gasteiger partial charge in [0.1, 0.15) is 6.04 Å². The number of nitrogens with zero attached hydrogens (tertiary/aromatic N) is 2. The Morgan fingerprint density at radius 3 is 2.63 bits per heavy atom. The lowest BCUT2D eigenvalue weighted by Crippen LogP contribution is -2.31. The molecule has 100 valence electrons. The quantitative estimate of drug-likeness (QED) is 0.919. The van der Waals surface area contributed by atoms with E-state index in [0.29, 0.717) is 0 Å². The SMILES string of the molecule is Cn1cc(C(C(=O)O)N2CCCC2)c2ccccc21. The average molecular weight is 258 g/mol. The first-order valence-corrected chi connectivity index (χ1v) is 6.69. The van der Waals surface area contributed by atoms with Gasteiger partial charge in [0.15, 0.2) is 0 Å². The van der Waals surface area contributed by atoms with Crippen molar-refractivity contribution in [2.45, 2.75) is 18.9 Å². The van der Waals surface area contributed by atoms with E-state index in [1.165, 1.54) is 0 Å². The molecule has 1 aromatic heterocycles. The summed E-state index contributed by atoms with van der Waals surface area (Å²) in [6.45, 7) is 1.75. The summed E-state index contributed by atoms with van der Waals surface area (Å²) < 4.78 is 2.01. The second-order valence-electron chi connectivity index (χ2n) is 5.20. The molecule has 4 heteroatoms. The van der Waals surface area contributed by atoms with Crippen LogP contribution in [0.3, 0.4) is 0 Å². The number of carbonyl (C=O) groups is 1. The molecule has 0 amide bonds. The molecule has 19 heavy (non-hydrogen) atoms. The number of benzene rings is 1. The highest BCUT2D eigenvalue weighted by Crippen LogP contribution is 2.31. The Morgan fingerprint density at radius 1 is 1.26 bits per heavy atom. The van der Waals surface area contributed by atoms with Crippen LogP contribution < -0.4 is 0 Å². The predicted octanol–water partition coefficient (Wildman–Crippen LogP) is 2.40. The molecule has 4 nitrogen and oxygen atoms in total. The van der Waals surface area contributed by atoms with E-state index < -0.39 is 12.0 Å². The van der Waals surface area contributed by atoms with Crippen molar-refractivity contribution >= 4 is 16.9 Å². The predicted molar refractivity (Wildman–Crippen MR) is 74.1 cm³/mol. The van der Waals surface area contributed by atoms with E-state index in [4.69, 9.17) is 0 Å². The fourth-order valence-corrected chi connectivity index (χ4v) is 3.08. The van der Waals surface area contributed by atoms with Crippen LogP contribution >= 0.6 is 0 Å². The molecule has 1 aliphatic rings. The molecule has 0 spiro atoms. The molecule has 3 rings (SSSR count). The molecular weight excluding hydrogens is 240 g/mol. The molecule has 0 aliphatic carbocycles. The smallest absolute Gasteiger partial charge is 0.325 e. The summed E-state index contributed by atoms with van der Waals surface area (Å²) >= 11 is 0. The van der Waals surface area contributed by atoms with Gasteiger partial charge in [-0.2, -0.15) is 0 Å². The van der Waals surface area contributed by atoms with Gasteiger partial charge in [0, 0.05) is 29.7 Å². The van der Waals surface area contributed by atoms with Crippen LogP contribution in [0.25, 0.3) is 10.9 Å². The third-order valence-electron chi connectivity index (χ3n) is 3.96. The van der Waals surface area contributed by atoms with Crippen molar-refractivity contribution in [2.24, 2.45) is 7.05 Å². The molecule has 1 aliphatic heterocycles. The molecule has 2 aromatic rings. The van der Waals surface area contributed by atoms with Crippen LogP contribution in [0.2, 0.25) is 0 Å². The number of aromatic nitrogens is 1. The first-order chi connectivity index (χ1) is 9.18. The Kier molecular flexibility index (Phi) is 3.03. The number of aryl methyl sites for hydroxylation is 1. The molecule has 2 heterocycles. The van der Waals surface area contributed by atoms with Gasteiger partial charge < -0.3 is 9.67 Å². The first-order valence-electron chi connectivity index (χ1n) is 6.69. The van der Waals surface area contributed by atoms with E-state index in [9.17, 15) is 9.90 Å². The van der Waals surface area contributed by atoms with Gasteiger partial charge in [-0.15, -0.1) is 0 Å². The monoisotopic (exact) mass is 258 g/mol. The van der Waals surface area contributed by atoms with E-state index in [1.807, 2.05) is 42.1 Å². The number of carboxylic acid groups (broad SMARTS) is 1. The molecule has 1 saturated heterocycles. The number of carboxylic acids is 1. The van der Waals surface area contributed by atoms with E-state index in [0.717, 1.165) is 42.4 Å². The van der Waals surface area contributed by atoms with E-state index in [2.05, 4.69) is 4.90 Å². The van der Waals surface area contributed by atoms with E-state index >= 15 is 0 Å². The molecule has 0 radical (unpaired) electrons. The number of rotatable bonds is 3. The van der Waals surface area contributed by atoms with Gasteiger partial charge in [-0.05, 0) is 32.0 Å². The van der Waals surface area contributed by atoms with Crippen molar-refractivity contribution in [2.75, 3.05) is 13.1 Å². The number of likely N-dealkylation sites (tertiary alicyclic amines) is 1. The number of fused-ring (bicyclic) bond motifs is 1. The first kappa shape index (κ1) is 12.2. The highest BCUT2D eigenvalue weighted by atomic mass is 16.4. The Morgan fingerprint density at radius 2 is 1.95 bits per heavy atom. The van der Waals surface area contributed by atoms with Crippen LogP contribution in [0.1, 0.15) is 24.4 Å². The maximum Gasteiger partial charge on any atom is 0.325 e. The topological polar surface area (TPSA) is 45.5 Å². The molecule has 1 atom stereocenters. The third-order valence-corrected chi connectivity index (χ3v) is 3.96. The Bertz CT molecular complexity index is 612. The molecular formula is C15H18N2O2. The average Bonchev–Trinajstić information content (AvgIpc) is 3.00. The van der Waals surface area contributed by atoms with Crippen LogP contribution in [0.5, 0.6) is 0 Å². The summed E-state index contributed by atoms with van der Waals surface area (Å²) in [4.78, 5) is 13.8. The van der Waals surface area contributed by atoms with Crippen molar-refractivity contribution in [3.8, 4) is 0 Å². The highest BCUT2D eigenvalue weighted by molar-refractivity contribution is 5.89. The lowest BCUT2D eigenvalue weighted by molar-refractivity contribution is -0.143. The summed E-state index contributed by atoms with van der Waals surface area (Å²) in [5.74, 6) is -0.752. The molecule has 0 saturated carbocycles. The van der Waals surface area contributed by atoms with Crippen molar-refractivity contribution in [3.05, 3.63) is 36.0 Å². The number of hydrogen-bond donors (Lipinski definition) is 1. The zero-order chi connectivity index (χ0) is 13.4. The normalized spacial score (nSPS) is 17.9. The van der Waals surface area contributed by atoms with Crippen molar-refractivity contribution < 1.29 is 9.90 Å². The summed E-state index contributed by atoms with van der Waals surface area (Å²) in [5.41, 5.74) is 2.00. The number of hydrogen-bond acceptors (Lipinski definition) is 2. The van der Waals surface area contributed by atoms with Crippen LogP contribution in [0.15, 0.2) is 30.5 Å². The van der Waals surface area contributed by atoms with Gasteiger partial charge in [-0.1, -0.05) is 18.2 Å². The second kappa shape index (κ2) is 4.70. The Balaban J connectivity index is 2.12. The summed E-state index contributed by atoms with van der Waals surface area (Å²) in [7, 11) is 1.97. The second-order valence-corrected chi connectivity index (χ2v) is 5.20. The molecule has 1 fully saturated rings. The lowest BCUT2D eigenvalue weighted by atomic mass is 10.0. The van der Waals surface area contributed by atoms with E-state index in [-0.39, 0.29) is 0 Å². The molecule has 1 unspecified atom stereocenters. The standard InChI is InChI=1S/C15H18N2O2/c1-16-10-12(11-6-2-3-7-13(11)16)14(15(18)19)17-8-4-5-9-17/h2-3,6-7,10,14H,4-5,8-9H2,1H3,(H,18,19). The summed E-state index contributed by atoms with van der Waals surface area (Å²) in [6, 6.07) is 7.47. The van der Waals surface area contributed by atoms with Gasteiger partial charge in [0.05, 0.1) is 0 Å². The maximum absolute atomic E-state index is 11.7. The van der Waals surface area contributed by atoms with Crippen LogP contribution in [-0.2, 0) is 11.8 Å². The minimum Gasteiger partial charge on any atom is -0.480 e. The number of para-hydroxylation sites is 1. The molecule has 1 N–H and O–H groups in total. The van der Waals surface area contributed by atoms with Gasteiger partial charge in [0.25, 0.3) is 0 Å². The van der Waals surface area contributed by atoms with Crippen LogP contribution in [0.4, 0.5) is 0 Å². The Labute approximate surface area is 112 Å². The minimum atomic E-state index is -0.752. The van der Waals surface area contributed by atoms with Crippen LogP contribution in [-0.4, -0.2) is 33.6 Å². The van der Waals surface area contributed by atoms with Crippen LogP contribution in [0, 0.1) is 0 Å².